The zero-order valence-electron chi connectivity index (χ0n) is 25.2. The van der Waals surface area contributed by atoms with Crippen molar-refractivity contribution in [2.24, 2.45) is 5.73 Å². The van der Waals surface area contributed by atoms with E-state index in [-0.39, 0.29) is 5.91 Å². The minimum absolute atomic E-state index is 0.256. The van der Waals surface area contributed by atoms with Gasteiger partial charge in [0.2, 0.25) is 5.91 Å². The molecule has 1 aliphatic heterocycles. The second kappa shape index (κ2) is 15.0. The lowest BCUT2D eigenvalue weighted by molar-refractivity contribution is -0.122. The molecule has 222 valence electrons. The van der Waals surface area contributed by atoms with Crippen LogP contribution in [-0.4, -0.2) is 49.0 Å². The number of phenols is 1. The average Bonchev–Trinajstić information content (AvgIpc) is 2.99. The molecule has 2 unspecified atom stereocenters. The molecule has 0 saturated carbocycles. The van der Waals surface area contributed by atoms with E-state index in [1.54, 1.807) is 11.4 Å². The van der Waals surface area contributed by atoms with Gasteiger partial charge in [-0.05, 0) is 90.5 Å². The summed E-state index contributed by atoms with van der Waals surface area (Å²) in [5.74, 6) is 1.24. The Morgan fingerprint density at radius 2 is 1.76 bits per heavy atom. The fourth-order valence-electron chi connectivity index (χ4n) is 5.13. The molecule has 5 nitrogen and oxygen atoms in total. The first-order valence-corrected chi connectivity index (χ1v) is 18.4. The van der Waals surface area contributed by atoms with Crippen molar-refractivity contribution in [1.82, 2.24) is 0 Å². The van der Waals surface area contributed by atoms with Gasteiger partial charge < -0.3 is 20.3 Å². The fraction of sp³-hybridized carbons (Fsp3) is 0.412. The number of carbonyl (C=O) groups excluding carboxylic acids is 1. The number of hydrogen-bond donors (Lipinski definition) is 2. The van der Waals surface area contributed by atoms with Crippen LogP contribution >= 0.6 is 17.5 Å². The number of benzene rings is 3. The molecule has 2 atom stereocenters. The Morgan fingerprint density at radius 3 is 2.37 bits per heavy atom. The third-order valence-electron chi connectivity index (χ3n) is 7.91. The van der Waals surface area contributed by atoms with Crippen LogP contribution in [0.3, 0.4) is 0 Å². The molecule has 3 N–H and O–H groups in total. The molecule has 0 aromatic heterocycles. The molecule has 0 spiro atoms. The Hall–Kier alpha value is -2.66. The summed E-state index contributed by atoms with van der Waals surface area (Å²) in [6, 6.07) is 22.4. The third-order valence-corrected chi connectivity index (χ3v) is 14.2. The fourth-order valence-corrected chi connectivity index (χ4v) is 10.7. The first kappa shape index (κ1) is 32.8. The summed E-state index contributed by atoms with van der Waals surface area (Å²) in [4.78, 5) is 13.5. The van der Waals surface area contributed by atoms with Gasteiger partial charge in [-0.2, -0.15) is 0 Å². The summed E-state index contributed by atoms with van der Waals surface area (Å²) in [7, 11) is 0. The summed E-state index contributed by atoms with van der Waals surface area (Å²) < 4.78 is 11.5. The van der Waals surface area contributed by atoms with E-state index in [4.69, 9.17) is 15.2 Å². The molecule has 3 aromatic carbocycles. The molecule has 1 aliphatic rings. The van der Waals surface area contributed by atoms with E-state index >= 15 is 0 Å². The molecular formula is C34H46NO4PS. The van der Waals surface area contributed by atoms with E-state index in [1.807, 2.05) is 56.3 Å². The summed E-state index contributed by atoms with van der Waals surface area (Å²) >= 11 is 1.68. The predicted octanol–water partition coefficient (Wildman–Crippen LogP) is 8.34. The number of hydrogen-bond acceptors (Lipinski definition) is 5. The van der Waals surface area contributed by atoms with Crippen LogP contribution < -0.4 is 10.5 Å². The lowest BCUT2D eigenvalue weighted by Crippen LogP contribution is -2.47. The lowest BCUT2D eigenvalue weighted by Gasteiger charge is -2.42. The van der Waals surface area contributed by atoms with Crippen LogP contribution in [0.4, 0.5) is 0 Å². The highest BCUT2D eigenvalue weighted by atomic mass is 32.7. The maximum Gasteiger partial charge on any atom is 0.228 e. The van der Waals surface area contributed by atoms with Crippen LogP contribution in [0.2, 0.25) is 0 Å². The van der Waals surface area contributed by atoms with Crippen molar-refractivity contribution in [1.29, 1.82) is 0 Å². The van der Waals surface area contributed by atoms with E-state index in [0.29, 0.717) is 44.3 Å². The normalized spacial score (nSPS) is 16.5. The summed E-state index contributed by atoms with van der Waals surface area (Å²) in [5, 5.41) is 9.94. The molecule has 41 heavy (non-hydrogen) atoms. The van der Waals surface area contributed by atoms with Gasteiger partial charge in [0.15, 0.2) is 0 Å². The van der Waals surface area contributed by atoms with Gasteiger partial charge in [-0.25, -0.2) is 0 Å². The van der Waals surface area contributed by atoms with Gasteiger partial charge in [-0.15, -0.1) is 0 Å². The molecule has 4 rings (SSSR count). The van der Waals surface area contributed by atoms with Gasteiger partial charge in [0.05, 0.1) is 11.8 Å². The van der Waals surface area contributed by atoms with Crippen molar-refractivity contribution >= 4 is 29.7 Å². The standard InChI is InChI=1S/C32H40NO4PS.C2H6/c1-5-23(2)29-14-9-26(22-30(29)34)25-8-6-7-24(21-25)15-18-37-27-10-12-28(13-11-27)39-38(3,4)32(31(33)35)16-19-36-20-17-32;1-2/h6-14,21-23,34H,3,5,15-20H2,1-2,4H3,(H2,33,35);1-2H3. The quantitative estimate of drug-likeness (QED) is 0.218. The monoisotopic (exact) mass is 595 g/mol. The average molecular weight is 596 g/mol. The van der Waals surface area contributed by atoms with Crippen molar-refractivity contribution in [2.45, 2.75) is 69.3 Å². The molecule has 3 aromatic rings. The first-order valence-electron chi connectivity index (χ1n) is 14.6. The minimum Gasteiger partial charge on any atom is -0.508 e. The Morgan fingerprint density at radius 1 is 1.10 bits per heavy atom. The smallest absolute Gasteiger partial charge is 0.228 e. The Labute approximate surface area is 250 Å². The zero-order valence-corrected chi connectivity index (χ0v) is 26.9. The van der Waals surface area contributed by atoms with E-state index in [1.165, 1.54) is 5.56 Å². The topological polar surface area (TPSA) is 81.8 Å². The summed E-state index contributed by atoms with van der Waals surface area (Å²) in [6.45, 7) is 12.0. The van der Waals surface area contributed by atoms with E-state index in [9.17, 15) is 9.90 Å². The molecule has 7 heteroatoms. The van der Waals surface area contributed by atoms with Gasteiger partial charge in [0.1, 0.15) is 11.5 Å². The molecule has 1 heterocycles. The highest BCUT2D eigenvalue weighted by Crippen LogP contribution is 2.70. The van der Waals surface area contributed by atoms with E-state index < -0.39 is 11.2 Å². The van der Waals surface area contributed by atoms with Crippen LogP contribution in [0.15, 0.2) is 71.6 Å². The zero-order chi connectivity index (χ0) is 30.0. The molecule has 0 aliphatic carbocycles. The highest BCUT2D eigenvalue weighted by Gasteiger charge is 2.46. The van der Waals surface area contributed by atoms with Crippen LogP contribution in [0.1, 0.15) is 64.0 Å². The van der Waals surface area contributed by atoms with Crippen LogP contribution in [0, 0.1) is 0 Å². The molecule has 1 fully saturated rings. The Balaban J connectivity index is 0.00000226. The van der Waals surface area contributed by atoms with Crippen LogP contribution in [0.25, 0.3) is 11.1 Å². The lowest BCUT2D eigenvalue weighted by atomic mass is 9.94. The van der Waals surface area contributed by atoms with Crippen LogP contribution in [-0.2, 0) is 16.0 Å². The molecule has 1 saturated heterocycles. The Bertz CT molecular complexity index is 1330. The number of nitrogens with two attached hydrogens (primary N) is 1. The van der Waals surface area contributed by atoms with Gasteiger partial charge >= 0.3 is 0 Å². The number of carbonyl (C=O) groups is 1. The third kappa shape index (κ3) is 8.00. The number of phenolic OH excluding ortho intramolecular Hbond substituents is 1. The number of aromatic hydroxyl groups is 1. The van der Waals surface area contributed by atoms with Gasteiger partial charge in [0, 0.05) is 24.5 Å². The number of ether oxygens (including phenoxy) is 2. The summed E-state index contributed by atoms with van der Waals surface area (Å²) in [6.07, 6.45) is 5.55. The largest absolute Gasteiger partial charge is 0.508 e. The van der Waals surface area contributed by atoms with E-state index in [2.05, 4.69) is 51.1 Å². The molecular weight excluding hydrogens is 549 g/mol. The maximum atomic E-state index is 12.5. The van der Waals surface area contributed by atoms with Crippen molar-refractivity contribution in [3.63, 3.8) is 0 Å². The van der Waals surface area contributed by atoms with Crippen molar-refractivity contribution in [2.75, 3.05) is 26.5 Å². The number of primary amides is 1. The minimum atomic E-state index is -1.99. The predicted molar refractivity (Wildman–Crippen MR) is 177 cm³/mol. The number of rotatable bonds is 11. The van der Waals surface area contributed by atoms with Crippen molar-refractivity contribution in [3.8, 4) is 22.6 Å². The van der Waals surface area contributed by atoms with Crippen LogP contribution in [0.5, 0.6) is 11.5 Å². The van der Waals surface area contributed by atoms with E-state index in [0.717, 1.165) is 40.2 Å². The molecule has 0 bridgehead atoms. The second-order valence-electron chi connectivity index (χ2n) is 10.6. The highest BCUT2D eigenvalue weighted by molar-refractivity contribution is 8.61. The number of amides is 1. The Kier molecular flexibility index (Phi) is 12.0. The van der Waals surface area contributed by atoms with Gasteiger partial charge in [-0.3, -0.25) is 4.79 Å². The van der Waals surface area contributed by atoms with Gasteiger partial charge in [0.25, 0.3) is 0 Å². The second-order valence-corrected chi connectivity index (χ2v) is 17.2. The SMILES string of the molecule is C=P(C)(Sc1ccc(OCCc2cccc(-c3ccc(C(C)CC)c(O)c3)c2)cc1)C1(C(N)=O)CCOCC1.CC. The molecule has 0 radical (unpaired) electrons. The maximum absolute atomic E-state index is 12.5. The summed E-state index contributed by atoms with van der Waals surface area (Å²) in [5.41, 5.74) is 10.1. The first-order chi connectivity index (χ1) is 19.6. The van der Waals surface area contributed by atoms with Crippen molar-refractivity contribution in [3.05, 3.63) is 77.9 Å². The van der Waals surface area contributed by atoms with Gasteiger partial charge in [-0.1, -0.05) is 81.8 Å². The van der Waals surface area contributed by atoms with Crippen molar-refractivity contribution < 1.29 is 19.4 Å². The molecule has 1 amide bonds.